The summed E-state index contributed by atoms with van der Waals surface area (Å²) in [5, 5.41) is 6.17. The van der Waals surface area contributed by atoms with Crippen LogP contribution in [0.25, 0.3) is 0 Å². The number of amides is 2. The highest BCUT2D eigenvalue weighted by Gasteiger charge is 2.70. The Morgan fingerprint density at radius 2 is 1.54 bits per heavy atom. The molecular formula is C42H60N2O6. The summed E-state index contributed by atoms with van der Waals surface area (Å²) in [6, 6.07) is 8.32. The SMILES string of the molecule is COC(=O)[C@H](Cc1ccccc1)NC(=O)NC1CC[C@]2(C)[C@H]3C(=O)C=C4[C@H]5C[C@@](C)(C(=O)OC)CC[C@]5(C)CC[C@@]4(C)[C@]3(C)CC[C@H]2C1(C)C. The monoisotopic (exact) mass is 688 g/mol. The average Bonchev–Trinajstić information content (AvgIpc) is 3.07. The van der Waals surface area contributed by atoms with Gasteiger partial charge in [-0.2, -0.15) is 0 Å². The minimum absolute atomic E-state index is 0.0731. The fourth-order valence-corrected chi connectivity index (χ4v) is 12.4. The zero-order valence-electron chi connectivity index (χ0n) is 31.9. The maximum atomic E-state index is 14.8. The standard InChI is InChI=1S/C42H60N2O6/c1-37(2)31-15-18-42(7)33(30(45)24-27-28-25-39(4,35(47)50-9)20-19-38(28,3)21-22-41(27,42)6)40(31,5)17-16-32(37)44-36(48)43-29(34(46)49-8)23-26-13-11-10-12-14-26/h10-14,24,28-29,31-33H,15-23,25H2,1-9H3,(H2,43,44,48)/t28-,29+,31+,32?,33-,38-,39+,40+,41-,42-/m1/s1. The molecule has 0 aromatic heterocycles. The van der Waals surface area contributed by atoms with Crippen molar-refractivity contribution in [2.45, 2.75) is 125 Å². The number of urea groups is 1. The summed E-state index contributed by atoms with van der Waals surface area (Å²) >= 11 is 0. The van der Waals surface area contributed by atoms with Crippen LogP contribution in [0.4, 0.5) is 4.79 Å². The van der Waals surface area contributed by atoms with Crippen LogP contribution in [0.15, 0.2) is 42.0 Å². The van der Waals surface area contributed by atoms with Gasteiger partial charge in [-0.15, -0.1) is 0 Å². The molecule has 0 aliphatic heterocycles. The van der Waals surface area contributed by atoms with Crippen molar-refractivity contribution < 1.29 is 28.7 Å². The van der Waals surface area contributed by atoms with Gasteiger partial charge in [-0.05, 0) is 115 Å². The number of fused-ring (bicyclic) bond motifs is 7. The number of methoxy groups -OCH3 is 2. The number of allylic oxidation sites excluding steroid dienone is 2. The topological polar surface area (TPSA) is 111 Å². The van der Waals surface area contributed by atoms with E-state index in [0.717, 1.165) is 63.4 Å². The molecular weight excluding hydrogens is 628 g/mol. The lowest BCUT2D eigenvalue weighted by Crippen LogP contribution is -2.68. The Balaban J connectivity index is 1.25. The van der Waals surface area contributed by atoms with E-state index in [-0.39, 0.29) is 68.7 Å². The van der Waals surface area contributed by atoms with Crippen LogP contribution < -0.4 is 10.6 Å². The molecule has 2 N–H and O–H groups in total. The van der Waals surface area contributed by atoms with Crippen LogP contribution in [-0.2, 0) is 30.3 Å². The minimum atomic E-state index is -0.802. The van der Waals surface area contributed by atoms with Crippen molar-refractivity contribution in [3.63, 3.8) is 0 Å². The number of benzene rings is 1. The van der Waals surface area contributed by atoms with Gasteiger partial charge in [-0.1, -0.05) is 77.4 Å². The van der Waals surface area contributed by atoms with Crippen molar-refractivity contribution in [1.82, 2.24) is 10.6 Å². The normalized spacial score (nSPS) is 40.7. The highest BCUT2D eigenvalue weighted by molar-refractivity contribution is 5.96. The fourth-order valence-electron chi connectivity index (χ4n) is 12.4. The van der Waals surface area contributed by atoms with Gasteiger partial charge in [-0.3, -0.25) is 9.59 Å². The Morgan fingerprint density at radius 1 is 0.860 bits per heavy atom. The van der Waals surface area contributed by atoms with Crippen LogP contribution in [0.1, 0.15) is 112 Å². The molecule has 8 heteroatoms. The van der Waals surface area contributed by atoms with Crippen LogP contribution in [0.5, 0.6) is 0 Å². The molecule has 0 radical (unpaired) electrons. The summed E-state index contributed by atoms with van der Waals surface area (Å²) in [4.78, 5) is 54.0. The van der Waals surface area contributed by atoms with Crippen LogP contribution >= 0.6 is 0 Å². The fraction of sp³-hybridized carbons (Fsp3) is 0.714. The van der Waals surface area contributed by atoms with Crippen molar-refractivity contribution >= 4 is 23.8 Å². The van der Waals surface area contributed by atoms with E-state index in [4.69, 9.17) is 9.47 Å². The molecule has 10 atom stereocenters. The number of hydrogen-bond acceptors (Lipinski definition) is 6. The lowest BCUT2D eigenvalue weighted by Gasteiger charge is -2.70. The molecule has 0 saturated heterocycles. The zero-order valence-corrected chi connectivity index (χ0v) is 31.9. The quantitative estimate of drug-likeness (QED) is 0.298. The largest absolute Gasteiger partial charge is 0.469 e. The van der Waals surface area contributed by atoms with Gasteiger partial charge < -0.3 is 20.1 Å². The number of esters is 2. The Bertz CT molecular complexity index is 1570. The molecule has 5 aliphatic carbocycles. The first-order valence-electron chi connectivity index (χ1n) is 18.9. The second kappa shape index (κ2) is 12.5. The van der Waals surface area contributed by atoms with Crippen LogP contribution in [-0.4, -0.2) is 50.1 Å². The number of ketones is 1. The van der Waals surface area contributed by atoms with Crippen molar-refractivity contribution in [2.24, 2.45) is 50.2 Å². The first-order valence-corrected chi connectivity index (χ1v) is 18.9. The molecule has 0 spiro atoms. The predicted molar refractivity (Wildman–Crippen MR) is 193 cm³/mol. The third kappa shape index (κ3) is 5.53. The Morgan fingerprint density at radius 3 is 2.20 bits per heavy atom. The van der Waals surface area contributed by atoms with Gasteiger partial charge in [0.25, 0.3) is 0 Å². The maximum absolute atomic E-state index is 14.8. The molecule has 4 saturated carbocycles. The van der Waals surface area contributed by atoms with E-state index in [9.17, 15) is 19.2 Å². The van der Waals surface area contributed by atoms with Gasteiger partial charge in [0.1, 0.15) is 6.04 Å². The number of nitrogens with one attached hydrogen (secondary N) is 2. The lowest BCUT2D eigenvalue weighted by molar-refractivity contribution is -0.189. The minimum Gasteiger partial charge on any atom is -0.469 e. The maximum Gasteiger partial charge on any atom is 0.328 e. The summed E-state index contributed by atoms with van der Waals surface area (Å²) in [6.45, 7) is 16.1. The Labute approximate surface area is 299 Å². The zero-order chi connectivity index (χ0) is 36.5. The molecule has 50 heavy (non-hydrogen) atoms. The number of rotatable bonds is 6. The molecule has 1 unspecified atom stereocenters. The van der Waals surface area contributed by atoms with Gasteiger partial charge in [0.05, 0.1) is 19.6 Å². The Kier molecular flexibility index (Phi) is 9.16. The smallest absolute Gasteiger partial charge is 0.328 e. The summed E-state index contributed by atoms with van der Waals surface area (Å²) in [6.07, 6.45) is 10.6. The van der Waals surface area contributed by atoms with Crippen LogP contribution in [0.3, 0.4) is 0 Å². The Hall–Kier alpha value is -3.16. The number of hydrogen-bond donors (Lipinski definition) is 2. The van der Waals surface area contributed by atoms with Gasteiger partial charge in [0, 0.05) is 18.4 Å². The van der Waals surface area contributed by atoms with Crippen molar-refractivity contribution in [1.29, 1.82) is 0 Å². The van der Waals surface area contributed by atoms with Gasteiger partial charge in [0.2, 0.25) is 0 Å². The molecule has 0 heterocycles. The molecule has 4 fully saturated rings. The van der Waals surface area contributed by atoms with Crippen molar-refractivity contribution in [3.8, 4) is 0 Å². The van der Waals surface area contributed by atoms with E-state index in [1.807, 2.05) is 30.3 Å². The summed E-state index contributed by atoms with van der Waals surface area (Å²) in [5.41, 5.74) is 0.892. The summed E-state index contributed by atoms with van der Waals surface area (Å²) in [5.74, 6) is -0.0769. The second-order valence-electron chi connectivity index (χ2n) is 18.5. The summed E-state index contributed by atoms with van der Waals surface area (Å²) in [7, 11) is 2.83. The second-order valence-corrected chi connectivity index (χ2v) is 18.5. The van der Waals surface area contributed by atoms with E-state index >= 15 is 0 Å². The first kappa shape index (κ1) is 36.6. The average molecular weight is 689 g/mol. The molecule has 1 aromatic rings. The van der Waals surface area contributed by atoms with Crippen molar-refractivity contribution in [3.05, 3.63) is 47.5 Å². The number of carbonyl (C=O) groups is 4. The number of carbonyl (C=O) groups excluding carboxylic acids is 4. The van der Waals surface area contributed by atoms with Crippen LogP contribution in [0.2, 0.25) is 0 Å². The summed E-state index contributed by atoms with van der Waals surface area (Å²) < 4.78 is 10.3. The van der Waals surface area contributed by atoms with Gasteiger partial charge in [0.15, 0.2) is 5.78 Å². The third-order valence-corrected chi connectivity index (χ3v) is 15.7. The van der Waals surface area contributed by atoms with Crippen LogP contribution in [0, 0.1) is 50.2 Å². The molecule has 2 amide bonds. The van der Waals surface area contributed by atoms with E-state index < -0.39 is 17.4 Å². The molecule has 1 aromatic carbocycles. The van der Waals surface area contributed by atoms with Crippen molar-refractivity contribution in [2.75, 3.05) is 14.2 Å². The molecule has 0 bridgehead atoms. The van der Waals surface area contributed by atoms with Gasteiger partial charge >= 0.3 is 18.0 Å². The van der Waals surface area contributed by atoms with E-state index in [1.165, 1.54) is 19.8 Å². The number of ether oxygens (including phenoxy) is 2. The molecule has 5 aliphatic rings. The van der Waals surface area contributed by atoms with Gasteiger partial charge in [-0.25, -0.2) is 9.59 Å². The highest BCUT2D eigenvalue weighted by Crippen LogP contribution is 2.75. The van der Waals surface area contributed by atoms with E-state index in [0.29, 0.717) is 6.42 Å². The predicted octanol–water partition coefficient (Wildman–Crippen LogP) is 7.59. The molecule has 274 valence electrons. The molecule has 6 rings (SSSR count). The van der Waals surface area contributed by atoms with E-state index in [2.05, 4.69) is 65.2 Å². The highest BCUT2D eigenvalue weighted by atomic mass is 16.5. The third-order valence-electron chi connectivity index (χ3n) is 15.7. The van der Waals surface area contributed by atoms with E-state index in [1.54, 1.807) is 0 Å². The molecule has 8 nitrogen and oxygen atoms in total. The first-order chi connectivity index (χ1) is 23.4. The lowest BCUT2D eigenvalue weighted by atomic mass is 9.33.